The second-order valence-corrected chi connectivity index (χ2v) is 12.9. The summed E-state index contributed by atoms with van der Waals surface area (Å²) in [5.74, 6) is 0. The summed E-state index contributed by atoms with van der Waals surface area (Å²) in [6, 6.07) is 44.6. The lowest BCUT2D eigenvalue weighted by Gasteiger charge is -2.33. The third kappa shape index (κ3) is 7.71. The van der Waals surface area contributed by atoms with Crippen molar-refractivity contribution in [2.45, 2.75) is 67.2 Å². The minimum Gasteiger partial charge on any atom is -0.345 e. The predicted octanol–water partition coefficient (Wildman–Crippen LogP) is 14.1. The Balaban J connectivity index is 0.000000673. The van der Waals surface area contributed by atoms with Crippen LogP contribution in [0.15, 0.2) is 152 Å². The van der Waals surface area contributed by atoms with Crippen molar-refractivity contribution in [2.75, 3.05) is 11.9 Å². The van der Waals surface area contributed by atoms with Crippen LogP contribution in [0, 0.1) is 6.92 Å². The van der Waals surface area contributed by atoms with Gasteiger partial charge in [0.25, 0.3) is 0 Å². The maximum absolute atomic E-state index is 3.36. The summed E-state index contributed by atoms with van der Waals surface area (Å²) < 4.78 is 2.41. The van der Waals surface area contributed by atoms with Gasteiger partial charge in [-0.05, 0) is 123 Å². The molecule has 1 aliphatic rings. The predicted molar refractivity (Wildman–Crippen MR) is 227 cm³/mol. The number of nitrogens with zero attached hydrogens (tertiary/aromatic N) is 2. The number of aromatic nitrogens is 1. The van der Waals surface area contributed by atoms with Crippen LogP contribution in [0.2, 0.25) is 0 Å². The summed E-state index contributed by atoms with van der Waals surface area (Å²) in [5, 5.41) is 1.27. The molecule has 0 bridgehead atoms. The lowest BCUT2D eigenvalue weighted by atomic mass is 9.71. The summed E-state index contributed by atoms with van der Waals surface area (Å²) in [5.41, 5.74) is 15.2. The van der Waals surface area contributed by atoms with Gasteiger partial charge in [-0.3, -0.25) is 0 Å². The van der Waals surface area contributed by atoms with E-state index in [0.29, 0.717) is 0 Å². The van der Waals surface area contributed by atoms with E-state index in [0.717, 1.165) is 6.42 Å². The van der Waals surface area contributed by atoms with Gasteiger partial charge in [0.1, 0.15) is 0 Å². The molecule has 6 aromatic rings. The van der Waals surface area contributed by atoms with Crippen LogP contribution in [-0.4, -0.2) is 11.6 Å². The van der Waals surface area contributed by atoms with Gasteiger partial charge in [-0.1, -0.05) is 117 Å². The van der Waals surface area contributed by atoms with Crippen LogP contribution in [0.3, 0.4) is 0 Å². The van der Waals surface area contributed by atoms with E-state index in [4.69, 9.17) is 0 Å². The van der Waals surface area contributed by atoms with Gasteiger partial charge >= 0.3 is 0 Å². The van der Waals surface area contributed by atoms with Crippen molar-refractivity contribution in [3.8, 4) is 16.8 Å². The number of benzene rings is 5. The van der Waals surface area contributed by atoms with E-state index >= 15 is 0 Å². The lowest BCUT2D eigenvalue weighted by Crippen LogP contribution is -2.24. The van der Waals surface area contributed by atoms with Crippen LogP contribution in [0.5, 0.6) is 0 Å². The third-order valence-corrected chi connectivity index (χ3v) is 9.65. The first-order chi connectivity index (χ1) is 24.7. The van der Waals surface area contributed by atoms with Crippen LogP contribution < -0.4 is 4.90 Å². The number of anilines is 2. The molecule has 0 saturated carbocycles. The quantitative estimate of drug-likeness (QED) is 0.160. The molecule has 1 unspecified atom stereocenters. The zero-order valence-corrected chi connectivity index (χ0v) is 32.3. The van der Waals surface area contributed by atoms with Crippen molar-refractivity contribution in [2.24, 2.45) is 0 Å². The third-order valence-electron chi connectivity index (χ3n) is 9.65. The molecule has 1 aliphatic carbocycles. The fourth-order valence-corrected chi connectivity index (χ4v) is 7.13. The Labute approximate surface area is 308 Å². The largest absolute Gasteiger partial charge is 0.345 e. The molecule has 262 valence electrons. The Morgan fingerprint density at radius 3 is 1.98 bits per heavy atom. The van der Waals surface area contributed by atoms with Crippen molar-refractivity contribution in [1.29, 1.82) is 0 Å². The average Bonchev–Trinajstić information content (AvgIpc) is 3.64. The fourth-order valence-electron chi connectivity index (χ4n) is 7.13. The molecule has 0 N–H and O–H groups in total. The molecule has 7 rings (SSSR count). The van der Waals surface area contributed by atoms with Gasteiger partial charge < -0.3 is 9.47 Å². The summed E-state index contributed by atoms with van der Waals surface area (Å²) in [7, 11) is 2.15. The van der Waals surface area contributed by atoms with Crippen molar-refractivity contribution in [3.63, 3.8) is 0 Å². The minimum absolute atomic E-state index is 0.247. The zero-order chi connectivity index (χ0) is 37.1. The minimum atomic E-state index is -0.247. The normalized spacial score (nSPS) is 14.0. The number of aryl methyl sites for hydroxylation is 2. The van der Waals surface area contributed by atoms with Gasteiger partial charge in [0.15, 0.2) is 0 Å². The van der Waals surface area contributed by atoms with E-state index in [-0.39, 0.29) is 5.41 Å². The summed E-state index contributed by atoms with van der Waals surface area (Å²) in [6.07, 6.45) is 6.83. The molecule has 5 aromatic carbocycles. The Hall–Kier alpha value is -5.34. The Morgan fingerprint density at radius 1 is 0.686 bits per heavy atom. The Bertz CT molecular complexity index is 2100. The molecule has 1 aromatic heterocycles. The second kappa shape index (κ2) is 17.5. The Morgan fingerprint density at radius 2 is 1.29 bits per heavy atom. The van der Waals surface area contributed by atoms with Crippen molar-refractivity contribution in [3.05, 3.63) is 180 Å². The van der Waals surface area contributed by atoms with E-state index in [1.807, 2.05) is 27.7 Å². The number of hydrogen-bond acceptors (Lipinski definition) is 1. The molecule has 51 heavy (non-hydrogen) atoms. The summed E-state index contributed by atoms with van der Waals surface area (Å²) >= 11 is 0. The molecule has 0 amide bonds. The fraction of sp³-hybridized carbons (Fsp3) is 0.224. The first kappa shape index (κ1) is 38.5. The van der Waals surface area contributed by atoms with Crippen molar-refractivity contribution >= 4 is 28.4 Å². The SMILES string of the molecule is C=CC.C=CC.CC.CCc1cc(N(C)c2ccccc2)ccc1-c1ccc(-n2c(C)cc3ccccc32)cc1C1(C)C(C)=Cc2ccccc21. The van der Waals surface area contributed by atoms with Gasteiger partial charge in [0.2, 0.25) is 0 Å². The van der Waals surface area contributed by atoms with E-state index in [1.165, 1.54) is 72.6 Å². The molecule has 2 nitrogen and oxygen atoms in total. The lowest BCUT2D eigenvalue weighted by molar-refractivity contribution is 0.692. The molecule has 0 aliphatic heterocycles. The van der Waals surface area contributed by atoms with Crippen molar-refractivity contribution < 1.29 is 0 Å². The molecule has 0 spiro atoms. The van der Waals surface area contributed by atoms with Crippen LogP contribution in [0.1, 0.15) is 76.4 Å². The van der Waals surface area contributed by atoms with Crippen LogP contribution >= 0.6 is 0 Å². The molecule has 0 fully saturated rings. The van der Waals surface area contributed by atoms with E-state index < -0.39 is 0 Å². The number of fused-ring (bicyclic) bond motifs is 2. The standard InChI is InChI=1S/C41H38N2.2C3H6.C2H6/c1-6-30-26-34(42(5)33-16-8-7-9-17-33)20-22-36(30)37-23-21-35(43-29(3)25-32-15-11-13-19-40(32)43)27-39(37)41(4)28(2)24-31-14-10-12-18-38(31)41;2*1-3-2;1-2/h7-27H,6H2,1-5H3;2*3H,1H2,2H3;1-2H3. The van der Waals surface area contributed by atoms with E-state index in [1.54, 1.807) is 12.2 Å². The van der Waals surface area contributed by atoms with Gasteiger partial charge in [-0.25, -0.2) is 0 Å². The van der Waals surface area contributed by atoms with Crippen molar-refractivity contribution in [1.82, 2.24) is 4.57 Å². The molecule has 1 heterocycles. The average molecular weight is 673 g/mol. The molecule has 1 atom stereocenters. The highest BCUT2D eigenvalue weighted by Gasteiger charge is 2.38. The first-order valence-corrected chi connectivity index (χ1v) is 18.3. The number of para-hydroxylation sites is 2. The summed E-state index contributed by atoms with van der Waals surface area (Å²) in [6.45, 7) is 23.7. The molecular weight excluding hydrogens is 617 g/mol. The molecule has 2 heteroatoms. The Kier molecular flexibility index (Phi) is 13.2. The topological polar surface area (TPSA) is 8.17 Å². The van der Waals surface area contributed by atoms with Gasteiger partial charge in [-0.2, -0.15) is 0 Å². The highest BCUT2D eigenvalue weighted by atomic mass is 15.1. The monoisotopic (exact) mass is 672 g/mol. The number of allylic oxidation sites excluding steroid dienone is 3. The maximum Gasteiger partial charge on any atom is 0.0531 e. The van der Waals surface area contributed by atoms with Gasteiger partial charge in [0, 0.05) is 40.6 Å². The zero-order valence-electron chi connectivity index (χ0n) is 32.3. The van der Waals surface area contributed by atoms with Crippen LogP contribution in [-0.2, 0) is 11.8 Å². The molecule has 0 saturated heterocycles. The van der Waals surface area contributed by atoms with Crippen LogP contribution in [0.4, 0.5) is 11.4 Å². The highest BCUT2D eigenvalue weighted by Crippen LogP contribution is 2.50. The number of rotatable bonds is 6. The van der Waals surface area contributed by atoms with Gasteiger partial charge in [0.05, 0.1) is 5.52 Å². The van der Waals surface area contributed by atoms with E-state index in [2.05, 4.69) is 185 Å². The summed E-state index contributed by atoms with van der Waals surface area (Å²) in [4.78, 5) is 2.27. The molecule has 0 radical (unpaired) electrons. The smallest absolute Gasteiger partial charge is 0.0531 e. The molecular formula is C49H56N2. The maximum atomic E-state index is 3.36. The van der Waals surface area contributed by atoms with E-state index in [9.17, 15) is 0 Å². The number of hydrogen-bond donors (Lipinski definition) is 0. The van der Waals surface area contributed by atoms with Crippen LogP contribution in [0.25, 0.3) is 33.8 Å². The second-order valence-electron chi connectivity index (χ2n) is 12.9. The van der Waals surface area contributed by atoms with Gasteiger partial charge in [-0.15, -0.1) is 13.2 Å². The first-order valence-electron chi connectivity index (χ1n) is 18.3. The highest BCUT2D eigenvalue weighted by molar-refractivity contribution is 5.85.